The molecule has 0 radical (unpaired) electrons. The number of anilines is 1. The number of rotatable bonds is 5. The van der Waals surface area contributed by atoms with E-state index < -0.39 is 6.10 Å². The Bertz CT molecular complexity index is 560. The van der Waals surface area contributed by atoms with Gasteiger partial charge in [-0.05, 0) is 30.7 Å². The summed E-state index contributed by atoms with van der Waals surface area (Å²) in [5.74, 6) is 0.820. The lowest BCUT2D eigenvalue weighted by Crippen LogP contribution is -2.32. The van der Waals surface area contributed by atoms with Crippen molar-refractivity contribution in [1.82, 2.24) is 9.97 Å². The molecular formula is C14H14BrN3O2. The topological polar surface area (TPSA) is 64.1 Å². The van der Waals surface area contributed by atoms with Crippen LogP contribution in [0.3, 0.4) is 0 Å². The van der Waals surface area contributed by atoms with Gasteiger partial charge in [0, 0.05) is 16.9 Å². The molecule has 1 atom stereocenters. The first kappa shape index (κ1) is 14.5. The second-order valence-corrected chi connectivity index (χ2v) is 4.96. The maximum atomic E-state index is 12.1. The number of halogens is 1. The molecular weight excluding hydrogens is 322 g/mol. The molecule has 0 spiro atoms. The Labute approximate surface area is 125 Å². The summed E-state index contributed by atoms with van der Waals surface area (Å²) >= 11 is 3.35. The highest BCUT2D eigenvalue weighted by Crippen LogP contribution is 2.18. The summed E-state index contributed by atoms with van der Waals surface area (Å²) < 4.78 is 6.63. The number of carbonyl (C=O) groups excluding carboxylic acids is 1. The third-order valence-electron chi connectivity index (χ3n) is 2.57. The van der Waals surface area contributed by atoms with Crippen molar-refractivity contribution in [1.29, 1.82) is 0 Å². The van der Waals surface area contributed by atoms with E-state index in [9.17, 15) is 4.79 Å². The van der Waals surface area contributed by atoms with Crippen LogP contribution in [0.5, 0.6) is 5.75 Å². The van der Waals surface area contributed by atoms with Crippen molar-refractivity contribution in [3.8, 4) is 5.75 Å². The zero-order valence-corrected chi connectivity index (χ0v) is 12.5. The van der Waals surface area contributed by atoms with Crippen LogP contribution in [0.4, 0.5) is 5.82 Å². The lowest BCUT2D eigenvalue weighted by molar-refractivity contribution is -0.122. The van der Waals surface area contributed by atoms with Crippen LogP contribution in [0.15, 0.2) is 47.3 Å². The van der Waals surface area contributed by atoms with Crippen LogP contribution in [-0.4, -0.2) is 22.0 Å². The minimum atomic E-state index is -0.571. The fourth-order valence-electron chi connectivity index (χ4n) is 1.57. The van der Waals surface area contributed by atoms with E-state index >= 15 is 0 Å². The van der Waals surface area contributed by atoms with Gasteiger partial charge in [0.15, 0.2) is 11.9 Å². The maximum Gasteiger partial charge on any atom is 0.266 e. The summed E-state index contributed by atoms with van der Waals surface area (Å²) in [4.78, 5) is 20.0. The highest BCUT2D eigenvalue weighted by Gasteiger charge is 2.18. The predicted molar refractivity (Wildman–Crippen MR) is 79.5 cm³/mol. The normalized spacial score (nSPS) is 11.7. The molecule has 0 aliphatic carbocycles. The monoisotopic (exact) mass is 335 g/mol. The van der Waals surface area contributed by atoms with Gasteiger partial charge in [0.25, 0.3) is 5.91 Å². The number of nitrogens with one attached hydrogen (secondary N) is 1. The number of hydrogen-bond acceptors (Lipinski definition) is 4. The van der Waals surface area contributed by atoms with Crippen molar-refractivity contribution in [3.63, 3.8) is 0 Å². The van der Waals surface area contributed by atoms with Crippen molar-refractivity contribution >= 4 is 27.7 Å². The average Bonchev–Trinajstić information content (AvgIpc) is 2.47. The van der Waals surface area contributed by atoms with Crippen molar-refractivity contribution in [3.05, 3.63) is 47.3 Å². The largest absolute Gasteiger partial charge is 0.481 e. The van der Waals surface area contributed by atoms with Crippen LogP contribution in [0.25, 0.3) is 0 Å². The third-order valence-corrected chi connectivity index (χ3v) is 3.10. The second-order valence-electron chi connectivity index (χ2n) is 4.05. The third kappa shape index (κ3) is 4.03. The van der Waals surface area contributed by atoms with Crippen molar-refractivity contribution < 1.29 is 9.53 Å². The van der Waals surface area contributed by atoms with Gasteiger partial charge in [-0.15, -0.1) is 0 Å². The molecule has 1 unspecified atom stereocenters. The molecule has 104 valence electrons. The van der Waals surface area contributed by atoms with Crippen LogP contribution < -0.4 is 10.1 Å². The Morgan fingerprint density at radius 3 is 2.70 bits per heavy atom. The molecule has 6 heteroatoms. The summed E-state index contributed by atoms with van der Waals surface area (Å²) in [6.45, 7) is 1.89. The van der Waals surface area contributed by atoms with Gasteiger partial charge < -0.3 is 10.1 Å². The molecule has 0 fully saturated rings. The molecule has 0 saturated carbocycles. The number of amides is 1. The van der Waals surface area contributed by atoms with Crippen molar-refractivity contribution in [2.75, 3.05) is 5.32 Å². The minimum Gasteiger partial charge on any atom is -0.481 e. The Morgan fingerprint density at radius 1 is 1.35 bits per heavy atom. The van der Waals surface area contributed by atoms with Gasteiger partial charge in [-0.3, -0.25) is 9.78 Å². The van der Waals surface area contributed by atoms with E-state index in [2.05, 4.69) is 31.2 Å². The van der Waals surface area contributed by atoms with Gasteiger partial charge in [-0.25, -0.2) is 4.98 Å². The van der Waals surface area contributed by atoms with Crippen LogP contribution in [0.1, 0.15) is 13.3 Å². The number of benzene rings is 1. The van der Waals surface area contributed by atoms with E-state index in [1.807, 2.05) is 31.2 Å². The Hall–Kier alpha value is -1.95. The van der Waals surface area contributed by atoms with Crippen molar-refractivity contribution in [2.45, 2.75) is 19.4 Å². The number of nitrogens with zero attached hydrogens (tertiary/aromatic N) is 2. The number of carbonyl (C=O) groups is 1. The van der Waals surface area contributed by atoms with E-state index in [-0.39, 0.29) is 5.91 Å². The van der Waals surface area contributed by atoms with E-state index in [0.29, 0.717) is 18.0 Å². The SMILES string of the molecule is CCC(Oc1ccc(Br)cc1)C(=O)Nc1cnccn1. The standard InChI is InChI=1S/C14H14BrN3O2/c1-2-12(20-11-5-3-10(15)4-6-11)14(19)18-13-9-16-7-8-17-13/h3-9,12H,2H2,1H3,(H,17,18,19). The first-order chi connectivity index (χ1) is 9.69. The van der Waals surface area contributed by atoms with Gasteiger partial charge in [0.05, 0.1) is 6.20 Å². The molecule has 1 heterocycles. The first-order valence-corrected chi connectivity index (χ1v) is 6.97. The van der Waals surface area contributed by atoms with Crippen LogP contribution in [-0.2, 0) is 4.79 Å². The van der Waals surface area contributed by atoms with Crippen LogP contribution >= 0.6 is 15.9 Å². The molecule has 5 nitrogen and oxygen atoms in total. The highest BCUT2D eigenvalue weighted by atomic mass is 79.9. The van der Waals surface area contributed by atoms with Crippen LogP contribution in [0, 0.1) is 0 Å². The molecule has 2 rings (SSSR count). The Balaban J connectivity index is 2.00. The Kier molecular flexibility index (Phi) is 5.06. The maximum absolute atomic E-state index is 12.1. The Morgan fingerprint density at radius 2 is 2.10 bits per heavy atom. The summed E-state index contributed by atoms with van der Waals surface area (Å²) in [5, 5.41) is 2.68. The quantitative estimate of drug-likeness (QED) is 0.912. The molecule has 1 amide bonds. The number of ether oxygens (including phenoxy) is 1. The molecule has 1 aromatic carbocycles. The van der Waals surface area contributed by atoms with Gasteiger partial charge in [0.2, 0.25) is 0 Å². The summed E-state index contributed by atoms with van der Waals surface area (Å²) in [7, 11) is 0. The molecule has 1 N–H and O–H groups in total. The molecule has 0 aliphatic heterocycles. The van der Waals surface area contributed by atoms with E-state index in [0.717, 1.165) is 4.47 Å². The predicted octanol–water partition coefficient (Wildman–Crippen LogP) is 3.04. The smallest absolute Gasteiger partial charge is 0.266 e. The van der Waals surface area contributed by atoms with Gasteiger partial charge in [0.1, 0.15) is 5.75 Å². The summed E-state index contributed by atoms with van der Waals surface area (Å²) in [5.41, 5.74) is 0. The van der Waals surface area contributed by atoms with Gasteiger partial charge in [-0.1, -0.05) is 22.9 Å². The minimum absolute atomic E-state index is 0.240. The van der Waals surface area contributed by atoms with Crippen molar-refractivity contribution in [2.24, 2.45) is 0 Å². The molecule has 20 heavy (non-hydrogen) atoms. The average molecular weight is 336 g/mol. The number of aromatic nitrogens is 2. The first-order valence-electron chi connectivity index (χ1n) is 6.18. The second kappa shape index (κ2) is 7.00. The fraction of sp³-hybridized carbons (Fsp3) is 0.214. The molecule has 0 saturated heterocycles. The molecule has 2 aromatic rings. The molecule has 0 bridgehead atoms. The fourth-order valence-corrected chi connectivity index (χ4v) is 1.83. The summed E-state index contributed by atoms with van der Waals surface area (Å²) in [6.07, 6.45) is 4.54. The van der Waals surface area contributed by atoms with Gasteiger partial charge in [-0.2, -0.15) is 0 Å². The van der Waals surface area contributed by atoms with E-state index in [4.69, 9.17) is 4.74 Å². The van der Waals surface area contributed by atoms with Crippen LogP contribution in [0.2, 0.25) is 0 Å². The van der Waals surface area contributed by atoms with E-state index in [1.54, 1.807) is 6.20 Å². The zero-order valence-electron chi connectivity index (χ0n) is 10.9. The molecule has 0 aliphatic rings. The van der Waals surface area contributed by atoms with E-state index in [1.165, 1.54) is 12.4 Å². The summed E-state index contributed by atoms with van der Waals surface area (Å²) in [6, 6.07) is 7.34. The van der Waals surface area contributed by atoms with Gasteiger partial charge >= 0.3 is 0 Å². The lowest BCUT2D eigenvalue weighted by Gasteiger charge is -2.16. The lowest BCUT2D eigenvalue weighted by atomic mass is 10.2. The number of hydrogen-bond donors (Lipinski definition) is 1. The molecule has 1 aromatic heterocycles. The zero-order chi connectivity index (χ0) is 14.4. The highest BCUT2D eigenvalue weighted by molar-refractivity contribution is 9.10.